The van der Waals surface area contributed by atoms with Crippen LogP contribution in [0.5, 0.6) is 0 Å². The van der Waals surface area contributed by atoms with Gasteiger partial charge < -0.3 is 9.42 Å². The molecule has 2 aliphatic rings. The maximum atomic E-state index is 12.8. The topological polar surface area (TPSA) is 83.7 Å². The number of hydrogen-bond donors (Lipinski definition) is 0. The Balaban J connectivity index is 1.65. The van der Waals surface area contributed by atoms with Crippen LogP contribution in [0.3, 0.4) is 0 Å². The molecule has 0 spiro atoms. The molecule has 24 heavy (non-hydrogen) atoms. The number of aromatic nitrogens is 1. The number of hydrogen-bond acceptors (Lipinski definition) is 5. The second-order valence-corrected chi connectivity index (χ2v) is 8.59. The summed E-state index contributed by atoms with van der Waals surface area (Å²) in [4.78, 5) is 14.6. The first-order valence-electron chi connectivity index (χ1n) is 8.63. The molecular weight excluding hydrogens is 330 g/mol. The van der Waals surface area contributed by atoms with Gasteiger partial charge in [-0.1, -0.05) is 24.4 Å². The van der Waals surface area contributed by atoms with Crippen molar-refractivity contribution < 1.29 is 17.7 Å². The average molecular weight is 355 g/mol. The third-order valence-electron chi connectivity index (χ3n) is 5.07. The molecule has 1 saturated carbocycles. The Kier molecular flexibility index (Phi) is 4.96. The summed E-state index contributed by atoms with van der Waals surface area (Å²) in [7, 11) is -3.61. The lowest BCUT2D eigenvalue weighted by atomic mass is 9.88. The molecule has 1 aliphatic carbocycles. The highest BCUT2D eigenvalue weighted by molar-refractivity contribution is 7.89. The van der Waals surface area contributed by atoms with E-state index in [-0.39, 0.29) is 16.7 Å². The molecule has 1 amide bonds. The molecule has 0 radical (unpaired) electrons. The van der Waals surface area contributed by atoms with Crippen LogP contribution in [0.4, 0.5) is 0 Å². The average Bonchev–Trinajstić information content (AvgIpc) is 2.94. The smallest absolute Gasteiger partial charge is 0.248 e. The molecule has 1 aromatic heterocycles. The van der Waals surface area contributed by atoms with Crippen molar-refractivity contribution in [1.82, 2.24) is 14.4 Å². The Labute approximate surface area is 143 Å². The molecule has 0 aromatic carbocycles. The number of carbonyl (C=O) groups excluding carboxylic acids is 1. The third-order valence-corrected chi connectivity index (χ3v) is 7.21. The fourth-order valence-corrected chi connectivity index (χ4v) is 5.44. The summed E-state index contributed by atoms with van der Waals surface area (Å²) in [6, 6.07) is 0. The molecule has 0 N–H and O–H groups in total. The van der Waals surface area contributed by atoms with Crippen LogP contribution in [0.15, 0.2) is 9.42 Å². The van der Waals surface area contributed by atoms with Gasteiger partial charge in [-0.05, 0) is 26.7 Å². The predicted octanol–water partition coefficient (Wildman–Crippen LogP) is 1.70. The third kappa shape index (κ3) is 3.21. The van der Waals surface area contributed by atoms with Crippen LogP contribution < -0.4 is 0 Å². The SMILES string of the molecule is Cc1noc(C)c1S(=O)(=O)N1CCN(C(=O)C2CCCCC2)CC1. The Morgan fingerprint density at radius 2 is 1.71 bits per heavy atom. The van der Waals surface area contributed by atoms with Gasteiger partial charge in [-0.25, -0.2) is 8.42 Å². The molecule has 3 rings (SSSR count). The van der Waals surface area contributed by atoms with Crippen LogP contribution >= 0.6 is 0 Å². The van der Waals surface area contributed by atoms with Gasteiger partial charge >= 0.3 is 0 Å². The summed E-state index contributed by atoms with van der Waals surface area (Å²) in [6.45, 7) is 4.80. The van der Waals surface area contributed by atoms with Gasteiger partial charge in [0.1, 0.15) is 10.6 Å². The van der Waals surface area contributed by atoms with E-state index in [0.717, 1.165) is 25.7 Å². The number of amides is 1. The van der Waals surface area contributed by atoms with Crippen LogP contribution in [-0.4, -0.2) is 54.9 Å². The molecule has 1 saturated heterocycles. The van der Waals surface area contributed by atoms with Gasteiger partial charge in [0, 0.05) is 32.1 Å². The summed E-state index contributed by atoms with van der Waals surface area (Å²) >= 11 is 0. The van der Waals surface area contributed by atoms with Gasteiger partial charge in [0.2, 0.25) is 15.9 Å². The molecule has 2 heterocycles. The summed E-state index contributed by atoms with van der Waals surface area (Å²) in [5, 5.41) is 3.74. The zero-order valence-electron chi connectivity index (χ0n) is 14.3. The first-order valence-corrected chi connectivity index (χ1v) is 10.1. The highest BCUT2D eigenvalue weighted by Gasteiger charge is 2.35. The molecule has 134 valence electrons. The Hall–Kier alpha value is -1.41. The van der Waals surface area contributed by atoms with Gasteiger partial charge in [0.05, 0.1) is 0 Å². The van der Waals surface area contributed by atoms with Crippen molar-refractivity contribution in [3.8, 4) is 0 Å². The van der Waals surface area contributed by atoms with E-state index >= 15 is 0 Å². The molecule has 0 atom stereocenters. The summed E-state index contributed by atoms with van der Waals surface area (Å²) in [6.07, 6.45) is 5.40. The Morgan fingerprint density at radius 3 is 2.25 bits per heavy atom. The van der Waals surface area contributed by atoms with Crippen LogP contribution in [0, 0.1) is 19.8 Å². The van der Waals surface area contributed by atoms with E-state index in [4.69, 9.17) is 4.52 Å². The minimum Gasteiger partial charge on any atom is -0.360 e. The van der Waals surface area contributed by atoms with Crippen LogP contribution in [-0.2, 0) is 14.8 Å². The van der Waals surface area contributed by atoms with Crippen molar-refractivity contribution in [2.24, 2.45) is 5.92 Å². The zero-order chi connectivity index (χ0) is 17.3. The van der Waals surface area contributed by atoms with E-state index in [1.807, 2.05) is 4.90 Å². The van der Waals surface area contributed by atoms with E-state index in [2.05, 4.69) is 5.16 Å². The Morgan fingerprint density at radius 1 is 1.08 bits per heavy atom. The second kappa shape index (κ2) is 6.84. The summed E-state index contributed by atoms with van der Waals surface area (Å²) in [5.74, 6) is 0.641. The number of nitrogens with zero attached hydrogens (tertiary/aromatic N) is 3. The number of carbonyl (C=O) groups is 1. The van der Waals surface area contributed by atoms with Gasteiger partial charge in [0.25, 0.3) is 0 Å². The van der Waals surface area contributed by atoms with Crippen LogP contribution in [0.2, 0.25) is 0 Å². The Bertz CT molecular complexity index is 679. The monoisotopic (exact) mass is 355 g/mol. The van der Waals surface area contributed by atoms with Gasteiger partial charge in [-0.15, -0.1) is 0 Å². The van der Waals surface area contributed by atoms with Crippen molar-refractivity contribution >= 4 is 15.9 Å². The molecule has 7 nitrogen and oxygen atoms in total. The maximum absolute atomic E-state index is 12.8. The van der Waals surface area contributed by atoms with E-state index in [1.54, 1.807) is 13.8 Å². The predicted molar refractivity (Wildman–Crippen MR) is 87.9 cm³/mol. The minimum absolute atomic E-state index is 0.129. The van der Waals surface area contributed by atoms with Crippen LogP contribution in [0.25, 0.3) is 0 Å². The number of piperazine rings is 1. The molecule has 1 aliphatic heterocycles. The molecular formula is C16H25N3O4S. The number of sulfonamides is 1. The van der Waals surface area contributed by atoms with Crippen molar-refractivity contribution in [3.05, 3.63) is 11.5 Å². The first kappa shape index (κ1) is 17.4. The van der Waals surface area contributed by atoms with Crippen molar-refractivity contribution in [1.29, 1.82) is 0 Å². The maximum Gasteiger partial charge on any atom is 0.248 e. The molecule has 1 aromatic rings. The lowest BCUT2D eigenvalue weighted by molar-refractivity contribution is -0.137. The lowest BCUT2D eigenvalue weighted by Crippen LogP contribution is -2.52. The standard InChI is InChI=1S/C16H25N3O4S/c1-12-15(13(2)23-17-12)24(21,22)19-10-8-18(9-11-19)16(20)14-6-4-3-5-7-14/h14H,3-11H2,1-2H3. The molecule has 0 bridgehead atoms. The van der Waals surface area contributed by atoms with Crippen LogP contribution in [0.1, 0.15) is 43.6 Å². The van der Waals surface area contributed by atoms with E-state index in [9.17, 15) is 13.2 Å². The van der Waals surface area contributed by atoms with Gasteiger partial charge in [-0.2, -0.15) is 4.31 Å². The van der Waals surface area contributed by atoms with Gasteiger partial charge in [0.15, 0.2) is 5.76 Å². The summed E-state index contributed by atoms with van der Waals surface area (Å²) in [5.41, 5.74) is 0.383. The van der Waals surface area contributed by atoms with Crippen molar-refractivity contribution in [3.63, 3.8) is 0 Å². The number of rotatable bonds is 3. The molecule has 0 unspecified atom stereocenters. The highest BCUT2D eigenvalue weighted by Crippen LogP contribution is 2.27. The zero-order valence-corrected chi connectivity index (χ0v) is 15.1. The van der Waals surface area contributed by atoms with E-state index in [1.165, 1.54) is 10.7 Å². The first-order chi connectivity index (χ1) is 11.4. The fraction of sp³-hybridized carbons (Fsp3) is 0.750. The second-order valence-electron chi connectivity index (χ2n) is 6.72. The number of aryl methyl sites for hydroxylation is 2. The lowest BCUT2D eigenvalue weighted by Gasteiger charge is -2.36. The van der Waals surface area contributed by atoms with E-state index < -0.39 is 10.0 Å². The normalized spacial score (nSPS) is 21.2. The minimum atomic E-state index is -3.61. The highest BCUT2D eigenvalue weighted by atomic mass is 32.2. The summed E-state index contributed by atoms with van der Waals surface area (Å²) < 4.78 is 32.0. The van der Waals surface area contributed by atoms with Crippen molar-refractivity contribution in [2.75, 3.05) is 26.2 Å². The fourth-order valence-electron chi connectivity index (χ4n) is 3.73. The molecule has 8 heteroatoms. The van der Waals surface area contributed by atoms with E-state index in [0.29, 0.717) is 37.6 Å². The van der Waals surface area contributed by atoms with Gasteiger partial charge in [-0.3, -0.25) is 4.79 Å². The quantitative estimate of drug-likeness (QED) is 0.824. The molecule has 2 fully saturated rings. The van der Waals surface area contributed by atoms with Crippen molar-refractivity contribution in [2.45, 2.75) is 50.8 Å². The largest absolute Gasteiger partial charge is 0.360 e.